The van der Waals surface area contributed by atoms with Crippen LogP contribution in [0.25, 0.3) is 10.9 Å². The topological polar surface area (TPSA) is 77.9 Å². The molecule has 2 aromatic carbocycles. The lowest BCUT2D eigenvalue weighted by molar-refractivity contribution is -0.945. The van der Waals surface area contributed by atoms with Crippen LogP contribution in [0.15, 0.2) is 41.2 Å². The lowest BCUT2D eigenvalue weighted by Crippen LogP contribution is -3.10. The molecule has 4 rings (SSSR count). The van der Waals surface area contributed by atoms with Gasteiger partial charge in [-0.05, 0) is 49.6 Å². The van der Waals surface area contributed by atoms with E-state index >= 15 is 0 Å². The molecule has 1 aromatic heterocycles. The second kappa shape index (κ2) is 9.39. The molecule has 1 aliphatic rings. The molecule has 0 bridgehead atoms. The average molecular weight is 425 g/mol. The van der Waals surface area contributed by atoms with Crippen molar-refractivity contribution in [1.82, 2.24) is 9.97 Å². The van der Waals surface area contributed by atoms with Crippen molar-refractivity contribution >= 4 is 10.9 Å². The molecule has 2 atom stereocenters. The molecule has 3 aromatic rings. The number of ether oxygens (including phenoxy) is 3. The van der Waals surface area contributed by atoms with Gasteiger partial charge in [-0.15, -0.1) is 0 Å². The Kier molecular flexibility index (Phi) is 6.42. The largest absolute Gasteiger partial charge is 0.497 e. The number of hydrogen-bond acceptors (Lipinski definition) is 5. The fourth-order valence-corrected chi connectivity index (χ4v) is 4.52. The van der Waals surface area contributed by atoms with Crippen molar-refractivity contribution in [2.45, 2.75) is 38.3 Å². The number of fused-ring (bicyclic) bond motifs is 1. The summed E-state index contributed by atoms with van der Waals surface area (Å²) >= 11 is 0. The third kappa shape index (κ3) is 4.51. The molecular weight excluding hydrogens is 394 g/mol. The number of H-pyrrole nitrogens is 1. The first-order valence-corrected chi connectivity index (χ1v) is 10.8. The molecule has 0 saturated carbocycles. The molecule has 2 heterocycles. The lowest BCUT2D eigenvalue weighted by Gasteiger charge is -2.27. The number of aromatic amines is 1. The molecule has 1 saturated heterocycles. The highest BCUT2D eigenvalue weighted by Crippen LogP contribution is 2.30. The number of quaternary nitrogens is 1. The Morgan fingerprint density at radius 1 is 1.00 bits per heavy atom. The van der Waals surface area contributed by atoms with Crippen LogP contribution in [0.2, 0.25) is 0 Å². The zero-order valence-corrected chi connectivity index (χ0v) is 18.4. The van der Waals surface area contributed by atoms with Gasteiger partial charge in [0.05, 0.1) is 38.8 Å². The number of likely N-dealkylation sites (tertiary alicyclic amines) is 1. The maximum atomic E-state index is 12.8. The molecule has 0 aliphatic carbocycles. The molecule has 2 N–H and O–H groups in total. The Morgan fingerprint density at radius 3 is 2.45 bits per heavy atom. The van der Waals surface area contributed by atoms with Gasteiger partial charge in [-0.3, -0.25) is 4.79 Å². The predicted molar refractivity (Wildman–Crippen MR) is 119 cm³/mol. The summed E-state index contributed by atoms with van der Waals surface area (Å²) in [6, 6.07) is 12.2. The number of rotatable bonds is 6. The Labute approximate surface area is 182 Å². The first-order valence-electron chi connectivity index (χ1n) is 10.8. The van der Waals surface area contributed by atoms with E-state index in [1.54, 1.807) is 33.5 Å². The number of nitrogens with zero attached hydrogens (tertiary/aromatic N) is 1. The summed E-state index contributed by atoms with van der Waals surface area (Å²) < 4.78 is 16.0. The average Bonchev–Trinajstić information content (AvgIpc) is 3.03. The molecule has 7 heteroatoms. The van der Waals surface area contributed by atoms with E-state index in [2.05, 4.69) is 17.1 Å². The minimum Gasteiger partial charge on any atom is -0.497 e. The minimum absolute atomic E-state index is 0.156. The molecule has 164 valence electrons. The highest BCUT2D eigenvalue weighted by atomic mass is 16.5. The van der Waals surface area contributed by atoms with Crippen molar-refractivity contribution in [3.63, 3.8) is 0 Å². The van der Waals surface area contributed by atoms with Crippen molar-refractivity contribution in [3.05, 3.63) is 58.1 Å². The monoisotopic (exact) mass is 424 g/mol. The van der Waals surface area contributed by atoms with Crippen molar-refractivity contribution in [1.29, 1.82) is 0 Å². The fourth-order valence-electron chi connectivity index (χ4n) is 4.52. The Balaban J connectivity index is 1.66. The van der Waals surface area contributed by atoms with Gasteiger partial charge in [0.1, 0.15) is 18.3 Å². The molecule has 0 spiro atoms. The first kappa shape index (κ1) is 21.2. The van der Waals surface area contributed by atoms with Gasteiger partial charge in [0.15, 0.2) is 17.3 Å². The van der Waals surface area contributed by atoms with E-state index in [1.165, 1.54) is 29.7 Å². The van der Waals surface area contributed by atoms with Crippen LogP contribution in [0.3, 0.4) is 0 Å². The number of aromatic nitrogens is 2. The lowest BCUT2D eigenvalue weighted by atomic mass is 10.0. The molecule has 0 radical (unpaired) electrons. The van der Waals surface area contributed by atoms with Crippen molar-refractivity contribution in [3.8, 4) is 17.2 Å². The molecule has 1 unspecified atom stereocenters. The van der Waals surface area contributed by atoms with Crippen LogP contribution in [0.5, 0.6) is 17.2 Å². The van der Waals surface area contributed by atoms with Crippen LogP contribution >= 0.6 is 0 Å². The number of benzene rings is 2. The number of methoxy groups -OCH3 is 3. The molecular formula is C24H30N3O4+. The summed E-state index contributed by atoms with van der Waals surface area (Å²) in [5.41, 5.74) is 1.76. The summed E-state index contributed by atoms with van der Waals surface area (Å²) in [6.07, 6.45) is 4.73. The van der Waals surface area contributed by atoms with E-state index in [9.17, 15) is 4.79 Å². The van der Waals surface area contributed by atoms with Crippen LogP contribution in [-0.4, -0.2) is 37.8 Å². The summed E-state index contributed by atoms with van der Waals surface area (Å²) in [6.45, 7) is 1.71. The number of nitrogens with one attached hydrogen (secondary N) is 2. The molecule has 7 nitrogen and oxygen atoms in total. The Morgan fingerprint density at radius 2 is 1.74 bits per heavy atom. The van der Waals surface area contributed by atoms with Gasteiger partial charge in [0.2, 0.25) is 0 Å². The van der Waals surface area contributed by atoms with Crippen LogP contribution in [0, 0.1) is 0 Å². The molecule has 1 aliphatic heterocycles. The summed E-state index contributed by atoms with van der Waals surface area (Å²) in [5, 5.41) is 0.499. The second-order valence-electron chi connectivity index (χ2n) is 8.00. The van der Waals surface area contributed by atoms with E-state index in [4.69, 9.17) is 19.2 Å². The van der Waals surface area contributed by atoms with Gasteiger partial charge in [0.25, 0.3) is 5.56 Å². The SMILES string of the molecule is COc1ccc([C@@H]2CCCCC[NH+]2Cc2nc3cc(OC)c(OC)cc3c(=O)[nH]2)cc1. The highest BCUT2D eigenvalue weighted by Gasteiger charge is 2.27. The number of hydrogen-bond donors (Lipinski definition) is 2. The van der Waals surface area contributed by atoms with Gasteiger partial charge >= 0.3 is 0 Å². The zero-order valence-electron chi connectivity index (χ0n) is 18.4. The zero-order chi connectivity index (χ0) is 21.8. The van der Waals surface area contributed by atoms with Gasteiger partial charge in [0, 0.05) is 18.1 Å². The second-order valence-corrected chi connectivity index (χ2v) is 8.00. The van der Waals surface area contributed by atoms with Gasteiger partial charge < -0.3 is 24.1 Å². The van der Waals surface area contributed by atoms with Crippen LogP contribution < -0.4 is 24.7 Å². The maximum Gasteiger partial charge on any atom is 0.259 e. The van der Waals surface area contributed by atoms with Crippen molar-refractivity contribution in [2.24, 2.45) is 0 Å². The van der Waals surface area contributed by atoms with Crippen molar-refractivity contribution < 1.29 is 19.1 Å². The van der Waals surface area contributed by atoms with E-state index in [-0.39, 0.29) is 5.56 Å². The smallest absolute Gasteiger partial charge is 0.259 e. The van der Waals surface area contributed by atoms with Gasteiger partial charge in [-0.1, -0.05) is 0 Å². The van der Waals surface area contributed by atoms with Gasteiger partial charge in [-0.25, -0.2) is 4.98 Å². The molecule has 0 amide bonds. The first-order chi connectivity index (χ1) is 15.1. The van der Waals surface area contributed by atoms with E-state index in [1.807, 2.05) is 12.1 Å². The van der Waals surface area contributed by atoms with Crippen LogP contribution in [0.4, 0.5) is 0 Å². The van der Waals surface area contributed by atoms with Crippen LogP contribution in [-0.2, 0) is 6.54 Å². The third-order valence-electron chi connectivity index (χ3n) is 6.16. The van der Waals surface area contributed by atoms with E-state index < -0.39 is 0 Å². The third-order valence-corrected chi connectivity index (χ3v) is 6.16. The summed E-state index contributed by atoms with van der Waals surface area (Å²) in [7, 11) is 4.82. The predicted octanol–water partition coefficient (Wildman–Crippen LogP) is 2.65. The quantitative estimate of drug-likeness (QED) is 0.636. The van der Waals surface area contributed by atoms with E-state index in [0.717, 1.165) is 18.7 Å². The van der Waals surface area contributed by atoms with Gasteiger partial charge in [-0.2, -0.15) is 0 Å². The fraction of sp³-hybridized carbons (Fsp3) is 0.417. The normalized spacial score (nSPS) is 19.1. The minimum atomic E-state index is -0.156. The van der Waals surface area contributed by atoms with Crippen LogP contribution in [0.1, 0.15) is 43.1 Å². The Bertz CT molecular complexity index is 1090. The highest BCUT2D eigenvalue weighted by molar-refractivity contribution is 5.81. The molecule has 31 heavy (non-hydrogen) atoms. The maximum absolute atomic E-state index is 12.8. The van der Waals surface area contributed by atoms with Crippen molar-refractivity contribution in [2.75, 3.05) is 27.9 Å². The molecule has 1 fully saturated rings. The summed E-state index contributed by atoms with van der Waals surface area (Å²) in [4.78, 5) is 22.0. The Hall–Kier alpha value is -3.06. The standard InChI is InChI=1S/C24H29N3O4/c1-29-17-10-8-16(9-11-17)20-7-5-4-6-12-27(20)15-23-25-19-14-22(31-3)21(30-2)13-18(19)24(28)26-23/h8-11,13-14,20H,4-7,12,15H2,1-3H3,(H,25,26,28)/p+1/t20-/m0/s1. The summed E-state index contributed by atoms with van der Waals surface area (Å²) in [5.74, 6) is 2.65. The van der Waals surface area contributed by atoms with E-state index in [0.29, 0.717) is 40.8 Å².